The fourth-order valence-corrected chi connectivity index (χ4v) is 4.80. The Morgan fingerprint density at radius 2 is 1.71 bits per heavy atom. The number of hydrogen-bond donors (Lipinski definition) is 1. The molecule has 0 radical (unpaired) electrons. The zero-order valence-corrected chi connectivity index (χ0v) is 19.8. The lowest BCUT2D eigenvalue weighted by Gasteiger charge is -2.10. The third-order valence-corrected chi connectivity index (χ3v) is 6.58. The van der Waals surface area contributed by atoms with Gasteiger partial charge < -0.3 is 0 Å². The number of anilines is 1. The molecule has 0 bridgehead atoms. The van der Waals surface area contributed by atoms with Gasteiger partial charge in [-0.2, -0.15) is 18.3 Å². The van der Waals surface area contributed by atoms with Gasteiger partial charge in [0.2, 0.25) is 0 Å². The largest absolute Gasteiger partial charge is 0.435 e. The molecule has 0 aliphatic heterocycles. The average molecular weight is 533 g/mol. The van der Waals surface area contributed by atoms with Gasteiger partial charge in [0.1, 0.15) is 0 Å². The highest BCUT2D eigenvalue weighted by molar-refractivity contribution is 7.22. The Bertz CT molecular complexity index is 1560. The van der Waals surface area contributed by atoms with Crippen LogP contribution in [0.1, 0.15) is 16.1 Å². The Morgan fingerprint density at radius 3 is 2.43 bits per heavy atom. The van der Waals surface area contributed by atoms with Gasteiger partial charge >= 0.3 is 6.18 Å². The first-order valence-corrected chi connectivity index (χ1v) is 11.7. The number of alkyl halides is 3. The van der Waals surface area contributed by atoms with Crippen molar-refractivity contribution in [3.8, 4) is 16.9 Å². The molecule has 5 aromatic rings. The first-order chi connectivity index (χ1) is 16.7. The molecule has 3 aromatic carbocycles. The molecule has 5 rings (SSSR count). The van der Waals surface area contributed by atoms with E-state index in [0.717, 1.165) is 15.4 Å². The summed E-state index contributed by atoms with van der Waals surface area (Å²) in [4.78, 5) is 17.1. The van der Waals surface area contributed by atoms with Crippen molar-refractivity contribution < 1.29 is 18.0 Å². The predicted molar refractivity (Wildman–Crippen MR) is 132 cm³/mol. The smallest absolute Gasteiger partial charge is 0.298 e. The number of carbonyl (C=O) groups is 1. The van der Waals surface area contributed by atoms with Crippen molar-refractivity contribution in [1.29, 1.82) is 0 Å². The summed E-state index contributed by atoms with van der Waals surface area (Å²) >= 11 is 13.5. The van der Waals surface area contributed by atoms with Crippen molar-refractivity contribution in [3.05, 3.63) is 94.1 Å². The number of hydrogen-bond acceptors (Lipinski definition) is 4. The summed E-state index contributed by atoms with van der Waals surface area (Å²) < 4.78 is 42.2. The van der Waals surface area contributed by atoms with E-state index < -0.39 is 17.8 Å². The number of aromatic nitrogens is 3. The molecule has 2 heterocycles. The van der Waals surface area contributed by atoms with Gasteiger partial charge in [0.05, 0.1) is 26.6 Å². The van der Waals surface area contributed by atoms with Crippen LogP contribution in [-0.2, 0) is 6.18 Å². The molecule has 0 saturated heterocycles. The molecular formula is C24H13Cl2F3N4OS. The topological polar surface area (TPSA) is 59.8 Å². The maximum absolute atomic E-state index is 13.4. The first-order valence-electron chi connectivity index (χ1n) is 10.1. The molecule has 1 amide bonds. The van der Waals surface area contributed by atoms with Crippen LogP contribution in [-0.4, -0.2) is 20.7 Å². The molecule has 5 nitrogen and oxygen atoms in total. The van der Waals surface area contributed by atoms with E-state index in [2.05, 4.69) is 15.4 Å². The summed E-state index contributed by atoms with van der Waals surface area (Å²) in [7, 11) is 0. The fourth-order valence-electron chi connectivity index (χ4n) is 3.45. The quantitative estimate of drug-likeness (QED) is 0.257. The minimum atomic E-state index is -4.64. The van der Waals surface area contributed by atoms with Gasteiger partial charge in [-0.3, -0.25) is 10.1 Å². The highest BCUT2D eigenvalue weighted by atomic mass is 35.5. The zero-order valence-electron chi connectivity index (χ0n) is 17.5. The third-order valence-electron chi connectivity index (χ3n) is 5.09. The number of carbonyl (C=O) groups excluding carboxylic acids is 1. The second kappa shape index (κ2) is 8.99. The fraction of sp³-hybridized carbons (Fsp3) is 0.0417. The van der Waals surface area contributed by atoms with E-state index in [-0.39, 0.29) is 10.7 Å². The second-order valence-electron chi connectivity index (χ2n) is 7.44. The van der Waals surface area contributed by atoms with Crippen LogP contribution in [0.15, 0.2) is 72.8 Å². The molecular weight excluding hydrogens is 520 g/mol. The van der Waals surface area contributed by atoms with Crippen LogP contribution in [0.25, 0.3) is 27.2 Å². The first kappa shape index (κ1) is 23.3. The highest BCUT2D eigenvalue weighted by Crippen LogP contribution is 2.35. The standard InChI is InChI=1S/C24H13Cl2F3N4OS/c25-15-9-10-17-20(11-15)35-23(30-17)31-22(34)14-7-5-13(6-8-14)19-12-21(24(27,28)29)32-33(19)18-4-2-1-3-16(18)26/h1-12H,(H,30,31,34). The molecule has 11 heteroatoms. The molecule has 0 spiro atoms. The van der Waals surface area contributed by atoms with Crippen molar-refractivity contribution in [1.82, 2.24) is 14.8 Å². The van der Waals surface area contributed by atoms with Gasteiger partial charge in [0.15, 0.2) is 10.8 Å². The van der Waals surface area contributed by atoms with E-state index in [1.54, 1.807) is 54.6 Å². The van der Waals surface area contributed by atoms with E-state index in [1.807, 2.05) is 0 Å². The molecule has 0 fully saturated rings. The van der Waals surface area contributed by atoms with Crippen LogP contribution in [0.2, 0.25) is 10.0 Å². The lowest BCUT2D eigenvalue weighted by atomic mass is 10.1. The predicted octanol–water partition coefficient (Wildman–Crippen LogP) is 7.73. The molecule has 0 saturated carbocycles. The molecule has 2 aromatic heterocycles. The lowest BCUT2D eigenvalue weighted by Crippen LogP contribution is -2.11. The number of fused-ring (bicyclic) bond motifs is 1. The van der Waals surface area contributed by atoms with Crippen LogP contribution in [0.4, 0.5) is 18.3 Å². The van der Waals surface area contributed by atoms with Crippen LogP contribution in [0, 0.1) is 0 Å². The zero-order chi connectivity index (χ0) is 24.7. The number of nitrogens with zero attached hydrogens (tertiary/aromatic N) is 3. The number of amides is 1. The Morgan fingerprint density at radius 1 is 0.971 bits per heavy atom. The molecule has 1 N–H and O–H groups in total. The van der Waals surface area contributed by atoms with Gasteiger partial charge in [-0.1, -0.05) is 58.8 Å². The summed E-state index contributed by atoms with van der Waals surface area (Å²) in [6.07, 6.45) is -4.64. The minimum Gasteiger partial charge on any atom is -0.298 e. The summed E-state index contributed by atoms with van der Waals surface area (Å²) in [6.45, 7) is 0. The molecule has 0 aliphatic rings. The number of thiazole rings is 1. The minimum absolute atomic E-state index is 0.181. The molecule has 0 unspecified atom stereocenters. The van der Waals surface area contributed by atoms with Gasteiger partial charge in [0.25, 0.3) is 5.91 Å². The summed E-state index contributed by atoms with van der Waals surface area (Å²) in [6, 6.07) is 18.8. The van der Waals surface area contributed by atoms with Gasteiger partial charge in [-0.05, 0) is 48.5 Å². The number of nitrogens with one attached hydrogen (secondary N) is 1. The van der Waals surface area contributed by atoms with E-state index in [4.69, 9.17) is 23.2 Å². The Labute approximate surface area is 210 Å². The Balaban J connectivity index is 1.45. The summed E-state index contributed by atoms with van der Waals surface area (Å²) in [5, 5.41) is 7.70. The second-order valence-corrected chi connectivity index (χ2v) is 9.31. The monoisotopic (exact) mass is 532 g/mol. The van der Waals surface area contributed by atoms with E-state index in [9.17, 15) is 18.0 Å². The molecule has 0 atom stereocenters. The van der Waals surface area contributed by atoms with Crippen molar-refractivity contribution in [2.75, 3.05) is 5.32 Å². The van der Waals surface area contributed by atoms with Crippen molar-refractivity contribution in [3.63, 3.8) is 0 Å². The van der Waals surface area contributed by atoms with Crippen LogP contribution in [0.5, 0.6) is 0 Å². The number of benzene rings is 3. The molecule has 176 valence electrons. The van der Waals surface area contributed by atoms with E-state index in [1.165, 1.54) is 23.5 Å². The van der Waals surface area contributed by atoms with Crippen molar-refractivity contribution >= 4 is 55.8 Å². The molecule has 0 aliphatic carbocycles. The van der Waals surface area contributed by atoms with Gasteiger partial charge in [-0.15, -0.1) is 0 Å². The highest BCUT2D eigenvalue weighted by Gasteiger charge is 2.35. The molecule has 35 heavy (non-hydrogen) atoms. The number of halogens is 5. The summed E-state index contributed by atoms with van der Waals surface area (Å²) in [5.74, 6) is -0.405. The normalized spacial score (nSPS) is 11.7. The SMILES string of the molecule is O=C(Nc1nc2ccc(Cl)cc2s1)c1ccc(-c2cc(C(F)(F)F)nn2-c2ccccc2Cl)cc1. The average Bonchev–Trinajstić information content (AvgIpc) is 3.43. The van der Waals surface area contributed by atoms with Gasteiger partial charge in [0, 0.05) is 16.1 Å². The number of para-hydroxylation sites is 1. The van der Waals surface area contributed by atoms with Crippen LogP contribution < -0.4 is 5.32 Å². The third kappa shape index (κ3) is 4.75. The van der Waals surface area contributed by atoms with Gasteiger partial charge in [-0.25, -0.2) is 9.67 Å². The van der Waals surface area contributed by atoms with E-state index >= 15 is 0 Å². The Kier molecular flexibility index (Phi) is 6.00. The maximum Gasteiger partial charge on any atom is 0.435 e. The van der Waals surface area contributed by atoms with Crippen molar-refractivity contribution in [2.24, 2.45) is 0 Å². The van der Waals surface area contributed by atoms with E-state index in [0.29, 0.717) is 32.5 Å². The maximum atomic E-state index is 13.4. The van der Waals surface area contributed by atoms with Crippen molar-refractivity contribution in [2.45, 2.75) is 6.18 Å². The lowest BCUT2D eigenvalue weighted by molar-refractivity contribution is -0.141. The number of rotatable bonds is 4. The Hall–Kier alpha value is -3.40. The summed E-state index contributed by atoms with van der Waals surface area (Å²) in [5.41, 5.74) is 0.881. The van der Waals surface area contributed by atoms with Crippen LogP contribution in [0.3, 0.4) is 0 Å². The van der Waals surface area contributed by atoms with Crippen LogP contribution >= 0.6 is 34.5 Å².